The molecule has 2 nitrogen and oxygen atoms in total. The number of aryl methyl sites for hydroxylation is 6. The van der Waals surface area contributed by atoms with E-state index in [4.69, 9.17) is 9.98 Å². The van der Waals surface area contributed by atoms with Gasteiger partial charge in [0.1, 0.15) is 0 Å². The minimum absolute atomic E-state index is 0.964. The summed E-state index contributed by atoms with van der Waals surface area (Å²) in [5, 5.41) is 2.48. The Balaban J connectivity index is 1.84. The summed E-state index contributed by atoms with van der Waals surface area (Å²) in [4.78, 5) is 10.6. The fourth-order valence-corrected chi connectivity index (χ4v) is 5.14. The lowest BCUT2D eigenvalue weighted by molar-refractivity contribution is 1.28. The van der Waals surface area contributed by atoms with Crippen molar-refractivity contribution < 1.29 is 0 Å². The van der Waals surface area contributed by atoms with Crippen molar-refractivity contribution in [1.82, 2.24) is 0 Å². The summed E-state index contributed by atoms with van der Waals surface area (Å²) in [6.45, 7) is 12.9. The SMILES string of the molecule is Cc1cc(C)c(N=C2C(=Nc3c(C)cc(C)cc3C)c3cccc4cccc2c34)c(C)c1. The molecular weight excluding hydrogens is 388 g/mol. The fraction of sp³-hybridized carbons (Fsp3) is 0.200. The zero-order valence-electron chi connectivity index (χ0n) is 19.7. The topological polar surface area (TPSA) is 24.7 Å². The first-order chi connectivity index (χ1) is 15.3. The van der Waals surface area contributed by atoms with Crippen LogP contribution in [-0.2, 0) is 0 Å². The van der Waals surface area contributed by atoms with Crippen LogP contribution in [0.2, 0.25) is 0 Å². The number of rotatable bonds is 2. The van der Waals surface area contributed by atoms with Crippen LogP contribution in [0.4, 0.5) is 11.4 Å². The number of nitrogens with zero attached hydrogens (tertiary/aromatic N) is 2. The number of benzene rings is 4. The first kappa shape index (κ1) is 20.4. The van der Waals surface area contributed by atoms with Gasteiger partial charge in [0.05, 0.1) is 22.8 Å². The van der Waals surface area contributed by atoms with Crippen molar-refractivity contribution in [1.29, 1.82) is 0 Å². The predicted molar refractivity (Wildman–Crippen MR) is 138 cm³/mol. The maximum Gasteiger partial charge on any atom is 0.0979 e. The molecule has 0 aromatic heterocycles. The molecule has 0 unspecified atom stereocenters. The van der Waals surface area contributed by atoms with Crippen LogP contribution in [0.5, 0.6) is 0 Å². The van der Waals surface area contributed by atoms with Crippen LogP contribution in [0.25, 0.3) is 10.8 Å². The van der Waals surface area contributed by atoms with E-state index in [1.807, 2.05) is 0 Å². The molecule has 0 saturated heterocycles. The Hall–Kier alpha value is -3.52. The molecule has 158 valence electrons. The highest BCUT2D eigenvalue weighted by molar-refractivity contribution is 6.61. The lowest BCUT2D eigenvalue weighted by atomic mass is 10.0. The van der Waals surface area contributed by atoms with Crippen LogP contribution in [0, 0.1) is 41.5 Å². The van der Waals surface area contributed by atoms with Gasteiger partial charge in [-0.25, -0.2) is 9.98 Å². The minimum atomic E-state index is 0.964. The average Bonchev–Trinajstić information content (AvgIpc) is 3.02. The quantitative estimate of drug-likeness (QED) is 0.317. The standard InChI is InChI=1S/C30H28N2/c1-17-13-19(3)27(20(4)14-17)31-29-24-11-7-9-23-10-8-12-25(26(23)24)30(29)32-28-21(5)15-18(2)16-22(28)6/h7-16H,1-6H3. The third-order valence-electron chi connectivity index (χ3n) is 6.36. The Morgan fingerprint density at radius 1 is 0.500 bits per heavy atom. The molecule has 1 aliphatic carbocycles. The highest BCUT2D eigenvalue weighted by Gasteiger charge is 2.28. The van der Waals surface area contributed by atoms with Crippen LogP contribution in [-0.4, -0.2) is 11.4 Å². The molecule has 0 bridgehead atoms. The molecule has 0 aliphatic heterocycles. The summed E-state index contributed by atoms with van der Waals surface area (Å²) in [7, 11) is 0. The molecular formula is C30H28N2. The lowest BCUT2D eigenvalue weighted by Gasteiger charge is -2.11. The van der Waals surface area contributed by atoms with Crippen LogP contribution < -0.4 is 0 Å². The van der Waals surface area contributed by atoms with Gasteiger partial charge >= 0.3 is 0 Å². The number of aliphatic imine (C=N–C) groups is 2. The Kier molecular flexibility index (Phi) is 4.82. The number of hydrogen-bond acceptors (Lipinski definition) is 2. The summed E-state index contributed by atoms with van der Waals surface area (Å²) in [6, 6.07) is 21.8. The second kappa shape index (κ2) is 7.56. The highest BCUT2D eigenvalue weighted by Crippen LogP contribution is 2.36. The molecule has 0 saturated carbocycles. The van der Waals surface area contributed by atoms with Gasteiger partial charge in [-0.1, -0.05) is 71.8 Å². The van der Waals surface area contributed by atoms with Gasteiger partial charge in [-0.3, -0.25) is 0 Å². The van der Waals surface area contributed by atoms with E-state index in [2.05, 4.69) is 102 Å². The predicted octanol–water partition coefficient (Wildman–Crippen LogP) is 7.95. The van der Waals surface area contributed by atoms with Gasteiger partial charge in [0.15, 0.2) is 0 Å². The second-order valence-electron chi connectivity index (χ2n) is 9.12. The van der Waals surface area contributed by atoms with Crippen molar-refractivity contribution in [3.05, 3.63) is 105 Å². The van der Waals surface area contributed by atoms with Crippen molar-refractivity contribution in [3.8, 4) is 0 Å². The molecule has 2 heteroatoms. The van der Waals surface area contributed by atoms with E-state index in [1.54, 1.807) is 0 Å². The van der Waals surface area contributed by atoms with E-state index in [0.717, 1.165) is 22.8 Å². The first-order valence-electron chi connectivity index (χ1n) is 11.2. The van der Waals surface area contributed by atoms with E-state index < -0.39 is 0 Å². The number of hydrogen-bond donors (Lipinski definition) is 0. The summed E-state index contributed by atoms with van der Waals surface area (Å²) >= 11 is 0. The molecule has 0 fully saturated rings. The normalized spacial score (nSPS) is 15.3. The van der Waals surface area contributed by atoms with Crippen LogP contribution in [0.15, 0.2) is 70.6 Å². The monoisotopic (exact) mass is 416 g/mol. The van der Waals surface area contributed by atoms with E-state index in [9.17, 15) is 0 Å². The summed E-state index contributed by atoms with van der Waals surface area (Å²) < 4.78 is 0. The Bertz CT molecular complexity index is 1310. The van der Waals surface area contributed by atoms with Crippen molar-refractivity contribution in [3.63, 3.8) is 0 Å². The van der Waals surface area contributed by atoms with Gasteiger partial charge in [0, 0.05) is 16.5 Å². The molecule has 0 amide bonds. The molecule has 32 heavy (non-hydrogen) atoms. The Labute approximate surface area is 190 Å². The van der Waals surface area contributed by atoms with Gasteiger partial charge in [0.25, 0.3) is 0 Å². The van der Waals surface area contributed by atoms with Gasteiger partial charge in [0.2, 0.25) is 0 Å². The second-order valence-corrected chi connectivity index (χ2v) is 9.12. The highest BCUT2D eigenvalue weighted by atomic mass is 14.8. The smallest absolute Gasteiger partial charge is 0.0979 e. The molecule has 0 atom stereocenters. The van der Waals surface area contributed by atoms with Crippen molar-refractivity contribution in [2.45, 2.75) is 41.5 Å². The summed E-state index contributed by atoms with van der Waals surface area (Å²) in [5.74, 6) is 0. The molecule has 0 heterocycles. The maximum absolute atomic E-state index is 5.28. The van der Waals surface area contributed by atoms with Gasteiger partial charge in [-0.2, -0.15) is 0 Å². The molecule has 1 aliphatic rings. The van der Waals surface area contributed by atoms with Gasteiger partial charge in [-0.05, 0) is 69.2 Å². The zero-order chi connectivity index (χ0) is 22.6. The average molecular weight is 417 g/mol. The third kappa shape index (κ3) is 3.27. The maximum atomic E-state index is 5.28. The molecule has 5 rings (SSSR count). The molecule has 4 aromatic carbocycles. The Morgan fingerprint density at radius 3 is 1.25 bits per heavy atom. The summed E-state index contributed by atoms with van der Waals surface area (Å²) in [6.07, 6.45) is 0. The molecule has 4 aromatic rings. The Morgan fingerprint density at radius 2 is 0.875 bits per heavy atom. The first-order valence-corrected chi connectivity index (χ1v) is 11.2. The van der Waals surface area contributed by atoms with E-state index >= 15 is 0 Å². The zero-order valence-corrected chi connectivity index (χ0v) is 19.7. The third-order valence-corrected chi connectivity index (χ3v) is 6.36. The van der Waals surface area contributed by atoms with Gasteiger partial charge < -0.3 is 0 Å². The summed E-state index contributed by atoms with van der Waals surface area (Å²) in [5.41, 5.74) is 13.7. The van der Waals surface area contributed by atoms with Crippen molar-refractivity contribution in [2.24, 2.45) is 9.98 Å². The van der Waals surface area contributed by atoms with Crippen LogP contribution in [0.3, 0.4) is 0 Å². The van der Waals surface area contributed by atoms with Crippen LogP contribution in [0.1, 0.15) is 44.5 Å². The van der Waals surface area contributed by atoms with Gasteiger partial charge in [-0.15, -0.1) is 0 Å². The fourth-order valence-electron chi connectivity index (χ4n) is 5.14. The van der Waals surface area contributed by atoms with E-state index in [0.29, 0.717) is 0 Å². The van der Waals surface area contributed by atoms with Crippen molar-refractivity contribution >= 4 is 33.6 Å². The minimum Gasteiger partial charge on any atom is -0.246 e. The van der Waals surface area contributed by atoms with Crippen molar-refractivity contribution in [2.75, 3.05) is 0 Å². The largest absolute Gasteiger partial charge is 0.246 e. The molecule has 0 radical (unpaired) electrons. The van der Waals surface area contributed by atoms with E-state index in [1.165, 1.54) is 55.3 Å². The van der Waals surface area contributed by atoms with E-state index in [-0.39, 0.29) is 0 Å². The molecule has 0 N–H and O–H groups in total. The lowest BCUT2D eigenvalue weighted by Crippen LogP contribution is -2.11. The van der Waals surface area contributed by atoms with Crippen LogP contribution >= 0.6 is 0 Å². The molecule has 0 spiro atoms.